The molecule has 1 unspecified atom stereocenters. The quantitative estimate of drug-likeness (QED) is 0.524. The Balaban J connectivity index is 2.03. The molecule has 1 saturated heterocycles. The normalized spacial score (nSPS) is 16.5. The number of hydrogen-bond acceptors (Lipinski definition) is 4. The van der Waals surface area contributed by atoms with Gasteiger partial charge in [-0.25, -0.2) is 4.79 Å². The lowest BCUT2D eigenvalue weighted by molar-refractivity contribution is -0.148. The maximum Gasteiger partial charge on any atom is 0.332 e. The van der Waals surface area contributed by atoms with Gasteiger partial charge in [-0.1, -0.05) is 58.4 Å². The van der Waals surface area contributed by atoms with Crippen LogP contribution in [0.4, 0.5) is 4.79 Å². The Morgan fingerprint density at radius 2 is 1.57 bits per heavy atom. The van der Waals surface area contributed by atoms with E-state index in [0.717, 1.165) is 14.3 Å². The number of carbonyl (C=O) groups excluding carboxylic acids is 4. The molecular weight excluding hydrogens is 424 g/mol. The maximum absolute atomic E-state index is 12.9. The smallest absolute Gasteiger partial charge is 0.294 e. The number of halogens is 1. The van der Waals surface area contributed by atoms with Crippen LogP contribution < -0.4 is 0 Å². The minimum Gasteiger partial charge on any atom is -0.294 e. The molecule has 1 heterocycles. The zero-order valence-corrected chi connectivity index (χ0v) is 17.0. The van der Waals surface area contributed by atoms with Crippen molar-refractivity contribution in [1.29, 1.82) is 0 Å². The van der Waals surface area contributed by atoms with Crippen molar-refractivity contribution < 1.29 is 19.2 Å². The third-order valence-electron chi connectivity index (χ3n) is 4.95. The molecule has 4 amide bonds. The lowest BCUT2D eigenvalue weighted by Gasteiger charge is -2.36. The lowest BCUT2D eigenvalue weighted by Crippen LogP contribution is -2.58. The van der Waals surface area contributed by atoms with Gasteiger partial charge in [-0.2, -0.15) is 0 Å². The molecule has 1 atom stereocenters. The Bertz CT molecular complexity index is 920. The summed E-state index contributed by atoms with van der Waals surface area (Å²) in [6.07, 6.45) is -0.0293. The number of amides is 4. The van der Waals surface area contributed by atoms with E-state index >= 15 is 0 Å². The van der Waals surface area contributed by atoms with Crippen LogP contribution in [0, 0.1) is 5.92 Å². The summed E-state index contributed by atoms with van der Waals surface area (Å²) >= 11 is 3.40. The minimum atomic E-state index is -1.14. The van der Waals surface area contributed by atoms with Crippen LogP contribution in [0.3, 0.4) is 0 Å². The summed E-state index contributed by atoms with van der Waals surface area (Å²) in [7, 11) is 2.69. The molecule has 6 nitrogen and oxygen atoms in total. The van der Waals surface area contributed by atoms with Gasteiger partial charge in [0.15, 0.2) is 5.78 Å². The molecule has 0 aromatic heterocycles. The lowest BCUT2D eigenvalue weighted by atomic mass is 9.79. The summed E-state index contributed by atoms with van der Waals surface area (Å²) < 4.78 is 0.774. The molecule has 0 saturated carbocycles. The highest BCUT2D eigenvalue weighted by Gasteiger charge is 2.47. The van der Waals surface area contributed by atoms with Gasteiger partial charge in [0.05, 0.1) is 0 Å². The van der Waals surface area contributed by atoms with Crippen LogP contribution in [-0.4, -0.2) is 47.5 Å². The van der Waals surface area contributed by atoms with Crippen molar-refractivity contribution in [3.63, 3.8) is 0 Å². The molecule has 3 rings (SSSR count). The van der Waals surface area contributed by atoms with E-state index in [9.17, 15) is 19.2 Å². The largest absolute Gasteiger partial charge is 0.332 e. The summed E-state index contributed by atoms with van der Waals surface area (Å²) in [5, 5.41) is 0. The van der Waals surface area contributed by atoms with E-state index in [0.29, 0.717) is 11.1 Å². The van der Waals surface area contributed by atoms with E-state index in [1.165, 1.54) is 14.1 Å². The number of rotatable bonds is 5. The summed E-state index contributed by atoms with van der Waals surface area (Å²) in [6, 6.07) is 15.3. The van der Waals surface area contributed by atoms with Crippen molar-refractivity contribution in [2.24, 2.45) is 5.92 Å². The second-order valence-corrected chi connectivity index (χ2v) is 7.63. The van der Waals surface area contributed by atoms with Crippen molar-refractivity contribution in [3.05, 3.63) is 70.2 Å². The van der Waals surface area contributed by atoms with Gasteiger partial charge in [0.2, 0.25) is 11.8 Å². The molecule has 7 heteroatoms. The maximum atomic E-state index is 12.9. The molecule has 0 bridgehead atoms. The number of ketones is 1. The highest BCUT2D eigenvalue weighted by molar-refractivity contribution is 9.10. The van der Waals surface area contributed by atoms with Gasteiger partial charge in [0.25, 0.3) is 0 Å². The van der Waals surface area contributed by atoms with E-state index in [-0.39, 0.29) is 12.2 Å². The van der Waals surface area contributed by atoms with Crippen LogP contribution in [0.2, 0.25) is 0 Å². The molecule has 2 aromatic rings. The Labute approximate surface area is 171 Å². The number of hydrogen-bond donors (Lipinski definition) is 0. The van der Waals surface area contributed by atoms with Crippen molar-refractivity contribution in [1.82, 2.24) is 9.80 Å². The molecule has 1 aliphatic rings. The van der Waals surface area contributed by atoms with Gasteiger partial charge >= 0.3 is 6.03 Å². The Hall–Kier alpha value is -2.80. The Kier molecular flexibility index (Phi) is 5.74. The van der Waals surface area contributed by atoms with Gasteiger partial charge in [-0.05, 0) is 17.7 Å². The zero-order chi connectivity index (χ0) is 20.4. The number of benzene rings is 2. The average Bonchev–Trinajstić information content (AvgIpc) is 2.70. The molecule has 144 valence electrons. The Morgan fingerprint density at radius 1 is 0.964 bits per heavy atom. The average molecular weight is 443 g/mol. The van der Waals surface area contributed by atoms with Crippen LogP contribution in [0.1, 0.15) is 28.3 Å². The van der Waals surface area contributed by atoms with E-state index in [1.54, 1.807) is 42.5 Å². The number of nitrogens with zero attached hydrogens (tertiary/aromatic N) is 2. The van der Waals surface area contributed by atoms with E-state index in [2.05, 4.69) is 15.9 Å². The second-order valence-electron chi connectivity index (χ2n) is 6.71. The third-order valence-corrected chi connectivity index (χ3v) is 5.44. The fraction of sp³-hybridized carbons (Fsp3) is 0.238. The summed E-state index contributed by atoms with van der Waals surface area (Å²) in [5.74, 6) is -3.20. The second kappa shape index (κ2) is 8.06. The predicted octanol–water partition coefficient (Wildman–Crippen LogP) is 3.47. The number of Topliss-reactive ketones (excluding diaryl/α,β-unsaturated/α-hetero) is 1. The monoisotopic (exact) mass is 442 g/mol. The first-order valence-electron chi connectivity index (χ1n) is 8.74. The molecule has 1 aliphatic heterocycles. The van der Waals surface area contributed by atoms with Gasteiger partial charge in [-0.3, -0.25) is 24.2 Å². The third kappa shape index (κ3) is 3.75. The van der Waals surface area contributed by atoms with E-state index < -0.39 is 29.7 Å². The molecule has 28 heavy (non-hydrogen) atoms. The van der Waals surface area contributed by atoms with E-state index in [1.807, 2.05) is 12.1 Å². The molecule has 1 fully saturated rings. The number of barbiturate groups is 1. The molecule has 0 radical (unpaired) electrons. The fourth-order valence-electron chi connectivity index (χ4n) is 3.39. The first-order chi connectivity index (χ1) is 13.3. The van der Waals surface area contributed by atoms with Crippen molar-refractivity contribution in [2.45, 2.75) is 12.3 Å². The zero-order valence-electron chi connectivity index (χ0n) is 15.5. The molecular formula is C21H19BrN2O4. The predicted molar refractivity (Wildman–Crippen MR) is 107 cm³/mol. The van der Waals surface area contributed by atoms with Gasteiger partial charge in [0, 0.05) is 36.5 Å². The first-order valence-corrected chi connectivity index (χ1v) is 9.53. The molecule has 0 N–H and O–H groups in total. The highest BCUT2D eigenvalue weighted by atomic mass is 79.9. The Morgan fingerprint density at radius 3 is 2.14 bits per heavy atom. The highest BCUT2D eigenvalue weighted by Crippen LogP contribution is 2.35. The molecule has 2 aromatic carbocycles. The van der Waals surface area contributed by atoms with Gasteiger partial charge in [0.1, 0.15) is 5.92 Å². The fourth-order valence-corrected chi connectivity index (χ4v) is 3.80. The molecule has 0 spiro atoms. The summed E-state index contributed by atoms with van der Waals surface area (Å²) in [5.41, 5.74) is 1.19. The van der Waals surface area contributed by atoms with Crippen molar-refractivity contribution >= 4 is 39.6 Å². The SMILES string of the molecule is CN1C(=O)C(C(CC(=O)c2ccccc2)c2cccc(Br)c2)C(=O)N(C)C1=O. The topological polar surface area (TPSA) is 74.8 Å². The van der Waals surface area contributed by atoms with Gasteiger partial charge < -0.3 is 0 Å². The standard InChI is InChI=1S/C21H19BrN2O4/c1-23-19(26)18(20(27)24(2)21(23)28)16(14-9-6-10-15(22)11-14)12-17(25)13-7-4-3-5-8-13/h3-11,16,18H,12H2,1-2H3. The van der Waals surface area contributed by atoms with Crippen molar-refractivity contribution in [2.75, 3.05) is 14.1 Å². The molecule has 0 aliphatic carbocycles. The van der Waals surface area contributed by atoms with Crippen molar-refractivity contribution in [3.8, 4) is 0 Å². The summed E-state index contributed by atoms with van der Waals surface area (Å²) in [4.78, 5) is 52.5. The van der Waals surface area contributed by atoms with Crippen LogP contribution in [-0.2, 0) is 9.59 Å². The van der Waals surface area contributed by atoms with E-state index in [4.69, 9.17) is 0 Å². The first kappa shape index (κ1) is 19.9. The van der Waals surface area contributed by atoms with Crippen LogP contribution in [0.25, 0.3) is 0 Å². The van der Waals surface area contributed by atoms with Gasteiger partial charge in [-0.15, -0.1) is 0 Å². The summed E-state index contributed by atoms with van der Waals surface area (Å²) in [6.45, 7) is 0. The number of imide groups is 2. The minimum absolute atomic E-state index is 0.0293. The van der Waals surface area contributed by atoms with Crippen LogP contribution >= 0.6 is 15.9 Å². The number of carbonyl (C=O) groups is 4. The number of urea groups is 1. The van der Waals surface area contributed by atoms with Crippen LogP contribution in [0.15, 0.2) is 59.1 Å². The van der Waals surface area contributed by atoms with Crippen LogP contribution in [0.5, 0.6) is 0 Å².